The Morgan fingerprint density at radius 1 is 0.852 bits per heavy atom. The second-order valence-electron chi connectivity index (χ2n) is 17.3. The molecule has 0 saturated carbocycles. The summed E-state index contributed by atoms with van der Waals surface area (Å²) in [5.74, 6) is -1.09. The first-order valence-electron chi connectivity index (χ1n) is 19.6. The van der Waals surface area contributed by atoms with Crippen LogP contribution in [0, 0.1) is 35.0 Å². The number of alkyl carbamates (subject to hydrolysis) is 1. The van der Waals surface area contributed by atoms with Crippen LogP contribution in [0.1, 0.15) is 118 Å². The first kappa shape index (κ1) is 48.9. The van der Waals surface area contributed by atoms with Gasteiger partial charge in [0.1, 0.15) is 17.6 Å². The Bertz CT molecular complexity index is 1290. The smallest absolute Gasteiger partial charge is 0.407 e. The lowest BCUT2D eigenvalue weighted by molar-refractivity contribution is -0.127. The van der Waals surface area contributed by atoms with Crippen LogP contribution in [-0.2, 0) is 23.5 Å². The summed E-state index contributed by atoms with van der Waals surface area (Å²) in [6.45, 7) is 25.6. The van der Waals surface area contributed by atoms with E-state index in [-0.39, 0.29) is 53.2 Å². The summed E-state index contributed by atoms with van der Waals surface area (Å²) in [6.07, 6.45) is 2.01. The van der Waals surface area contributed by atoms with Crippen LogP contribution in [-0.4, -0.2) is 77.6 Å². The molecule has 5 N–H and O–H groups in total. The van der Waals surface area contributed by atoms with E-state index in [1.807, 2.05) is 59.8 Å². The van der Waals surface area contributed by atoms with E-state index in [4.69, 9.17) is 24.4 Å². The van der Waals surface area contributed by atoms with E-state index in [1.165, 1.54) is 0 Å². The van der Waals surface area contributed by atoms with Crippen molar-refractivity contribution in [3.63, 3.8) is 0 Å². The number of primary amides is 1. The van der Waals surface area contributed by atoms with Gasteiger partial charge in [-0.05, 0) is 101 Å². The lowest BCUT2D eigenvalue weighted by Crippen LogP contribution is -2.53. The molecular formula is C41H73N4O8Si. The fourth-order valence-corrected chi connectivity index (χ4v) is 7.24. The quantitative estimate of drug-likeness (QED) is 0.0491. The molecule has 13 heteroatoms. The van der Waals surface area contributed by atoms with Gasteiger partial charge in [-0.2, -0.15) is 0 Å². The minimum absolute atomic E-state index is 0.00274. The van der Waals surface area contributed by atoms with Gasteiger partial charge in [0.25, 0.3) is 5.91 Å². The molecule has 309 valence electrons. The monoisotopic (exact) mass is 778 g/mol. The highest BCUT2D eigenvalue weighted by atomic mass is 28.3. The maximum Gasteiger partial charge on any atom is 0.407 e. The van der Waals surface area contributed by atoms with Gasteiger partial charge in [0.15, 0.2) is 0 Å². The van der Waals surface area contributed by atoms with Crippen molar-refractivity contribution in [3.8, 4) is 5.75 Å². The van der Waals surface area contributed by atoms with Crippen LogP contribution >= 0.6 is 0 Å². The molecule has 0 aliphatic rings. The average molecular weight is 778 g/mol. The van der Waals surface area contributed by atoms with Gasteiger partial charge in [0, 0.05) is 44.6 Å². The van der Waals surface area contributed by atoms with Gasteiger partial charge < -0.3 is 40.3 Å². The third kappa shape index (κ3) is 18.9. The SMILES string of the molecule is COCCCCOc1ccccc1C(=O)NC(O[Si](C)C)[C@@H](C[C@H](NC(=O)OC(C)(C)C)[C@@H](C[C@H](C(=O)NCCCC(N)=O)C(C)C)C(C)(C)C)C(C)C. The van der Waals surface area contributed by atoms with Gasteiger partial charge in [0.2, 0.25) is 20.9 Å². The number of hydrogen-bond acceptors (Lipinski definition) is 8. The van der Waals surface area contributed by atoms with E-state index in [9.17, 15) is 19.2 Å². The molecule has 12 nitrogen and oxygen atoms in total. The number of benzene rings is 1. The van der Waals surface area contributed by atoms with Crippen LogP contribution in [0.15, 0.2) is 24.3 Å². The molecule has 0 fully saturated rings. The maximum atomic E-state index is 14.0. The molecule has 0 aliphatic heterocycles. The highest BCUT2D eigenvalue weighted by molar-refractivity contribution is 6.48. The third-order valence-electron chi connectivity index (χ3n) is 9.39. The van der Waals surface area contributed by atoms with Crippen LogP contribution in [0.5, 0.6) is 5.75 Å². The molecule has 0 aromatic heterocycles. The van der Waals surface area contributed by atoms with Gasteiger partial charge in [-0.15, -0.1) is 0 Å². The summed E-state index contributed by atoms with van der Waals surface area (Å²) in [7, 11) is 0.360. The van der Waals surface area contributed by atoms with Crippen LogP contribution in [0.4, 0.5) is 4.79 Å². The van der Waals surface area contributed by atoms with Crippen LogP contribution in [0.25, 0.3) is 0 Å². The van der Waals surface area contributed by atoms with Crippen molar-refractivity contribution in [2.45, 2.75) is 139 Å². The number of nitrogens with two attached hydrogens (primary N) is 1. The predicted molar refractivity (Wildman–Crippen MR) is 216 cm³/mol. The highest BCUT2D eigenvalue weighted by Gasteiger charge is 2.41. The Hall–Kier alpha value is -3.16. The Labute approximate surface area is 327 Å². The Balaban J connectivity index is 3.60. The molecule has 4 amide bonds. The second-order valence-corrected chi connectivity index (χ2v) is 19.3. The summed E-state index contributed by atoms with van der Waals surface area (Å²) in [5, 5.41) is 9.44. The van der Waals surface area contributed by atoms with Crippen LogP contribution < -0.4 is 26.4 Å². The molecule has 0 heterocycles. The normalized spacial score (nSPS) is 15.0. The molecule has 0 bridgehead atoms. The van der Waals surface area contributed by atoms with Crippen LogP contribution in [0.2, 0.25) is 13.1 Å². The van der Waals surface area contributed by atoms with E-state index in [0.717, 1.165) is 12.8 Å². The average Bonchev–Trinajstić information content (AvgIpc) is 3.03. The molecule has 54 heavy (non-hydrogen) atoms. The lowest BCUT2D eigenvalue weighted by atomic mass is 9.67. The molecule has 1 radical (unpaired) electrons. The summed E-state index contributed by atoms with van der Waals surface area (Å²) in [4.78, 5) is 52.5. The predicted octanol–water partition coefficient (Wildman–Crippen LogP) is 7.08. The van der Waals surface area contributed by atoms with Crippen molar-refractivity contribution in [2.24, 2.45) is 40.7 Å². The van der Waals surface area contributed by atoms with Gasteiger partial charge in [-0.25, -0.2) is 4.79 Å². The van der Waals surface area contributed by atoms with E-state index >= 15 is 0 Å². The third-order valence-corrected chi connectivity index (χ3v) is 10.1. The highest BCUT2D eigenvalue weighted by Crippen LogP contribution is 2.40. The molecule has 0 spiro atoms. The zero-order valence-electron chi connectivity index (χ0n) is 35.6. The summed E-state index contributed by atoms with van der Waals surface area (Å²) >= 11 is 0. The van der Waals surface area contributed by atoms with Gasteiger partial charge in [0.05, 0.1) is 12.2 Å². The minimum Gasteiger partial charge on any atom is -0.493 e. The molecule has 5 atom stereocenters. The lowest BCUT2D eigenvalue weighted by Gasteiger charge is -2.43. The topological polar surface area (TPSA) is 167 Å². The Kier molecular flexibility index (Phi) is 21.4. The fraction of sp³-hybridized carbons (Fsp3) is 0.756. The van der Waals surface area contributed by atoms with Gasteiger partial charge in [-0.3, -0.25) is 14.4 Å². The van der Waals surface area contributed by atoms with E-state index in [0.29, 0.717) is 50.3 Å². The first-order chi connectivity index (χ1) is 25.1. The van der Waals surface area contributed by atoms with E-state index in [1.54, 1.807) is 19.2 Å². The molecule has 0 saturated heterocycles. The largest absolute Gasteiger partial charge is 0.493 e. The molecular weight excluding hydrogens is 705 g/mol. The number of methoxy groups -OCH3 is 1. The molecule has 1 rings (SSSR count). The number of hydrogen-bond donors (Lipinski definition) is 4. The molecule has 1 unspecified atom stereocenters. The number of carbonyl (C=O) groups excluding carboxylic acids is 4. The zero-order chi connectivity index (χ0) is 41.2. The summed E-state index contributed by atoms with van der Waals surface area (Å²) in [5.41, 5.74) is 4.64. The Morgan fingerprint density at radius 2 is 1.48 bits per heavy atom. The number of unbranched alkanes of at least 4 members (excludes halogenated alkanes) is 1. The van der Waals surface area contributed by atoms with E-state index in [2.05, 4.69) is 50.6 Å². The van der Waals surface area contributed by atoms with Crippen molar-refractivity contribution >= 4 is 32.9 Å². The molecule has 1 aromatic rings. The molecule has 1 aromatic carbocycles. The standard InChI is InChI=1S/C41H73N4O8Si/c1-27(2)30(36(47)43-22-18-21-35(42)46)25-32(40(5,6)7)33(44-39(49)52-41(8,9)10)26-31(28(3)4)38(53-54(12)13)45-37(48)29-19-14-15-20-34(29)51-24-17-16-23-50-11/h14-15,19-20,27-28,30-33,38H,16-18,21-26H2,1-13H3,(H2,42,46)(H,43,47)(H,44,49)(H,45,48)/t30-,31-,32+,33-,38?/m0/s1. The number of amides is 4. The van der Waals surface area contributed by atoms with Crippen molar-refractivity contribution < 1.29 is 37.8 Å². The van der Waals surface area contributed by atoms with Gasteiger partial charge in [-0.1, -0.05) is 60.6 Å². The Morgan fingerprint density at radius 3 is 2.02 bits per heavy atom. The van der Waals surface area contributed by atoms with Crippen molar-refractivity contribution in [2.75, 3.05) is 26.9 Å². The summed E-state index contributed by atoms with van der Waals surface area (Å²) in [6, 6.07) is 6.75. The van der Waals surface area contributed by atoms with Gasteiger partial charge >= 0.3 is 6.09 Å². The summed E-state index contributed by atoms with van der Waals surface area (Å²) < 4.78 is 23.6. The number of ether oxygens (including phenoxy) is 3. The van der Waals surface area contributed by atoms with E-state index < -0.39 is 38.9 Å². The van der Waals surface area contributed by atoms with Crippen molar-refractivity contribution in [3.05, 3.63) is 29.8 Å². The minimum atomic E-state index is -1.31. The van der Waals surface area contributed by atoms with Crippen molar-refractivity contribution in [1.82, 2.24) is 16.0 Å². The number of para-hydroxylation sites is 1. The number of nitrogens with one attached hydrogen (secondary N) is 3. The second kappa shape index (κ2) is 23.7. The van der Waals surface area contributed by atoms with Crippen molar-refractivity contribution in [1.29, 1.82) is 0 Å². The van der Waals surface area contributed by atoms with Crippen LogP contribution in [0.3, 0.4) is 0 Å². The number of carbonyl (C=O) groups is 4. The maximum absolute atomic E-state index is 14.0. The zero-order valence-corrected chi connectivity index (χ0v) is 36.6. The first-order valence-corrected chi connectivity index (χ1v) is 22.0. The molecule has 0 aliphatic carbocycles. The fourth-order valence-electron chi connectivity index (χ4n) is 6.50. The number of rotatable bonds is 24.